The van der Waals surface area contributed by atoms with Gasteiger partial charge in [-0.05, 0) is 29.8 Å². The Balaban J connectivity index is 1.68. The molecule has 0 N–H and O–H groups in total. The number of aromatic nitrogens is 3. The molecule has 0 amide bonds. The number of nitrogens with zero attached hydrogens (tertiary/aromatic N) is 3. The van der Waals surface area contributed by atoms with E-state index in [-0.39, 0.29) is 0 Å². The molecule has 0 fully saturated rings. The fourth-order valence-electron chi connectivity index (χ4n) is 2.61. The highest BCUT2D eigenvalue weighted by Gasteiger charge is 2.14. The van der Waals surface area contributed by atoms with Crippen LogP contribution >= 0.6 is 31.9 Å². The molecule has 2 aliphatic heterocycles. The first-order valence-corrected chi connectivity index (χ1v) is 9.10. The minimum atomic E-state index is 0.749. The Labute approximate surface area is 157 Å². The molecule has 2 aromatic carbocycles. The van der Waals surface area contributed by atoms with E-state index in [2.05, 4.69) is 65.7 Å². The lowest BCUT2D eigenvalue weighted by atomic mass is 10.2. The minimum absolute atomic E-state index is 0.749. The Morgan fingerprint density at radius 3 is 2.38 bits per heavy atom. The van der Waals surface area contributed by atoms with Gasteiger partial charge in [0.05, 0.1) is 5.69 Å². The van der Waals surface area contributed by atoms with Crippen LogP contribution in [0.2, 0.25) is 0 Å². The maximum absolute atomic E-state index is 4.69. The van der Waals surface area contributed by atoms with E-state index in [1.165, 1.54) is 5.56 Å². The van der Waals surface area contributed by atoms with Gasteiger partial charge < -0.3 is 4.57 Å². The molecule has 0 aromatic heterocycles. The van der Waals surface area contributed by atoms with Crippen LogP contribution in [0, 0.1) is 0 Å². The zero-order valence-electron chi connectivity index (χ0n) is 12.7. The van der Waals surface area contributed by atoms with Crippen molar-refractivity contribution in [2.24, 2.45) is 0 Å². The smallest absolute Gasteiger partial charge is 0.161 e. The van der Waals surface area contributed by atoms with Crippen LogP contribution in [0.3, 0.4) is 0 Å². The third-order valence-electron chi connectivity index (χ3n) is 3.82. The lowest BCUT2D eigenvalue weighted by Crippen LogP contribution is -2.00. The zero-order chi connectivity index (χ0) is 16.5. The second-order valence-electron chi connectivity index (χ2n) is 5.54. The molecule has 0 radical (unpaired) electrons. The number of halogens is 2. The van der Waals surface area contributed by atoms with E-state index in [0.29, 0.717) is 0 Å². The first kappa shape index (κ1) is 15.5. The van der Waals surface area contributed by atoms with Gasteiger partial charge in [0.25, 0.3) is 0 Å². The van der Waals surface area contributed by atoms with Gasteiger partial charge >= 0.3 is 0 Å². The van der Waals surface area contributed by atoms with Crippen molar-refractivity contribution in [3.63, 3.8) is 0 Å². The summed E-state index contributed by atoms with van der Waals surface area (Å²) in [7, 11) is 0. The van der Waals surface area contributed by atoms with Gasteiger partial charge in [0.1, 0.15) is 5.69 Å². The van der Waals surface area contributed by atoms with Crippen molar-refractivity contribution in [1.82, 2.24) is 14.5 Å². The molecule has 2 aromatic rings. The Kier molecular flexibility index (Phi) is 4.21. The van der Waals surface area contributed by atoms with Crippen LogP contribution in [0.5, 0.6) is 0 Å². The molecule has 4 rings (SSSR count). The van der Waals surface area contributed by atoms with Gasteiger partial charge in [-0.25, -0.2) is 9.97 Å². The summed E-state index contributed by atoms with van der Waals surface area (Å²) >= 11 is 7.03. The van der Waals surface area contributed by atoms with Crippen LogP contribution < -0.4 is 0 Å². The standard InChI is InChI=1S/C19H13Br2N3/c20-14-7-5-13(6-8-14)11-24-10-9-17-18(12-24)23-19(22-17)15-3-1-2-4-16(15)21/h1-10,12H,11H2. The van der Waals surface area contributed by atoms with Crippen LogP contribution in [0.1, 0.15) is 5.56 Å². The SMILES string of the molecule is Brc1ccc(Cn2ccc3nc(-c4ccccc4Br)nc-3c2)cc1. The van der Waals surface area contributed by atoms with Crippen molar-refractivity contribution >= 4 is 31.9 Å². The van der Waals surface area contributed by atoms with Gasteiger partial charge in [-0.3, -0.25) is 0 Å². The molecule has 0 unspecified atom stereocenters. The number of pyridine rings is 1. The maximum Gasteiger partial charge on any atom is 0.161 e. The van der Waals surface area contributed by atoms with Crippen molar-refractivity contribution in [1.29, 1.82) is 0 Å². The summed E-state index contributed by atoms with van der Waals surface area (Å²) in [5.41, 5.74) is 4.06. The number of hydrogen-bond acceptors (Lipinski definition) is 2. The zero-order valence-corrected chi connectivity index (χ0v) is 15.8. The lowest BCUT2D eigenvalue weighted by molar-refractivity contribution is 0.789. The molecular weight excluding hydrogens is 430 g/mol. The molecule has 0 saturated carbocycles. The Morgan fingerprint density at radius 1 is 0.833 bits per heavy atom. The second kappa shape index (κ2) is 6.49. The van der Waals surface area contributed by atoms with Gasteiger partial charge in [-0.15, -0.1) is 0 Å². The topological polar surface area (TPSA) is 30.7 Å². The van der Waals surface area contributed by atoms with Crippen molar-refractivity contribution in [2.45, 2.75) is 6.54 Å². The first-order chi connectivity index (χ1) is 11.7. The summed E-state index contributed by atoms with van der Waals surface area (Å²) in [6, 6.07) is 18.4. The summed E-state index contributed by atoms with van der Waals surface area (Å²) in [5.74, 6) is 0.749. The number of imidazole rings is 1. The summed E-state index contributed by atoms with van der Waals surface area (Å²) in [6.07, 6.45) is 4.09. The molecule has 0 bridgehead atoms. The molecule has 0 spiro atoms. The highest BCUT2D eigenvalue weighted by molar-refractivity contribution is 9.10. The molecule has 3 nitrogen and oxygen atoms in total. The van der Waals surface area contributed by atoms with E-state index in [1.807, 2.05) is 42.7 Å². The van der Waals surface area contributed by atoms with Crippen LogP contribution in [-0.2, 0) is 6.54 Å². The molecule has 118 valence electrons. The largest absolute Gasteiger partial charge is 0.348 e. The summed E-state index contributed by atoms with van der Waals surface area (Å²) in [4.78, 5) is 9.33. The van der Waals surface area contributed by atoms with Crippen LogP contribution in [0.15, 0.2) is 75.9 Å². The van der Waals surface area contributed by atoms with Crippen LogP contribution in [0.25, 0.3) is 22.8 Å². The van der Waals surface area contributed by atoms with E-state index in [9.17, 15) is 0 Å². The van der Waals surface area contributed by atoms with Crippen molar-refractivity contribution in [2.75, 3.05) is 0 Å². The maximum atomic E-state index is 4.69. The number of hydrogen-bond donors (Lipinski definition) is 0. The van der Waals surface area contributed by atoms with E-state index in [0.717, 1.165) is 38.3 Å². The lowest BCUT2D eigenvalue weighted by Gasteiger charge is -2.08. The summed E-state index contributed by atoms with van der Waals surface area (Å²) < 4.78 is 4.22. The Bertz CT molecular complexity index is 961. The highest BCUT2D eigenvalue weighted by Crippen LogP contribution is 2.29. The molecule has 2 heterocycles. The van der Waals surface area contributed by atoms with E-state index >= 15 is 0 Å². The van der Waals surface area contributed by atoms with Gasteiger partial charge in [0.2, 0.25) is 0 Å². The molecule has 0 atom stereocenters. The normalized spacial score (nSPS) is 11.1. The second-order valence-corrected chi connectivity index (χ2v) is 7.31. The van der Waals surface area contributed by atoms with Gasteiger partial charge in [-0.2, -0.15) is 0 Å². The predicted molar refractivity (Wildman–Crippen MR) is 103 cm³/mol. The molecule has 0 aliphatic carbocycles. The number of fused-ring (bicyclic) bond motifs is 1. The molecule has 2 aliphatic rings. The van der Waals surface area contributed by atoms with Gasteiger partial charge in [-0.1, -0.05) is 62.2 Å². The summed E-state index contributed by atoms with van der Waals surface area (Å²) in [5, 5.41) is 0. The first-order valence-electron chi connectivity index (χ1n) is 7.52. The predicted octanol–water partition coefficient (Wildman–Crippen LogP) is 5.62. The fourth-order valence-corrected chi connectivity index (χ4v) is 3.34. The molecular formula is C19H13Br2N3. The molecule has 24 heavy (non-hydrogen) atoms. The van der Waals surface area contributed by atoms with Gasteiger partial charge in [0, 0.05) is 33.4 Å². The van der Waals surface area contributed by atoms with Gasteiger partial charge in [0.15, 0.2) is 5.82 Å². The monoisotopic (exact) mass is 441 g/mol. The van der Waals surface area contributed by atoms with E-state index in [1.54, 1.807) is 0 Å². The van der Waals surface area contributed by atoms with Crippen molar-refractivity contribution in [3.8, 4) is 22.8 Å². The van der Waals surface area contributed by atoms with Crippen molar-refractivity contribution in [3.05, 3.63) is 81.5 Å². The highest BCUT2D eigenvalue weighted by atomic mass is 79.9. The number of benzene rings is 2. The van der Waals surface area contributed by atoms with E-state index in [4.69, 9.17) is 4.98 Å². The van der Waals surface area contributed by atoms with Crippen molar-refractivity contribution < 1.29 is 0 Å². The fraction of sp³-hybridized carbons (Fsp3) is 0.0526. The van der Waals surface area contributed by atoms with E-state index < -0.39 is 0 Å². The Morgan fingerprint density at radius 2 is 1.58 bits per heavy atom. The average Bonchev–Trinajstić information content (AvgIpc) is 3.00. The molecule has 0 saturated heterocycles. The quantitative estimate of drug-likeness (QED) is 0.412. The Hall–Kier alpha value is -1.98. The number of rotatable bonds is 3. The summed E-state index contributed by atoms with van der Waals surface area (Å²) in [6.45, 7) is 0.806. The molecule has 5 heteroatoms. The van der Waals surface area contributed by atoms with Crippen LogP contribution in [0.4, 0.5) is 0 Å². The third-order valence-corrected chi connectivity index (χ3v) is 5.04. The van der Waals surface area contributed by atoms with Crippen LogP contribution in [-0.4, -0.2) is 14.5 Å². The third kappa shape index (κ3) is 3.14. The average molecular weight is 443 g/mol. The minimum Gasteiger partial charge on any atom is -0.348 e.